The Morgan fingerprint density at radius 2 is 2.00 bits per heavy atom. The van der Waals surface area contributed by atoms with Crippen molar-refractivity contribution in [3.8, 4) is 0 Å². The second-order valence-corrected chi connectivity index (χ2v) is 6.93. The maximum Gasteiger partial charge on any atom is 0.128 e. The first kappa shape index (κ1) is 16.3. The van der Waals surface area contributed by atoms with E-state index < -0.39 is 0 Å². The topological polar surface area (TPSA) is 28.2 Å². The lowest BCUT2D eigenvalue weighted by atomic mass is 9.89. The minimum atomic E-state index is 0.693. The molecular weight excluding hydrogens is 258 g/mol. The summed E-state index contributed by atoms with van der Waals surface area (Å²) in [6.07, 6.45) is 9.04. The molecule has 0 saturated heterocycles. The van der Waals surface area contributed by atoms with Gasteiger partial charge in [-0.2, -0.15) is 0 Å². The van der Waals surface area contributed by atoms with Crippen LogP contribution < -0.4 is 10.2 Å². The second-order valence-electron chi connectivity index (χ2n) is 6.93. The standard InChI is InChI=1S/C18H31N3/c1-15(2)11-19-12-17-9-10-18(20-13-17)21(3)14-16-7-5-4-6-8-16/h9-10,13,15-16,19H,4-8,11-12,14H2,1-3H3. The molecule has 1 N–H and O–H groups in total. The van der Waals surface area contributed by atoms with E-state index in [2.05, 4.69) is 48.2 Å². The molecule has 0 atom stereocenters. The Morgan fingerprint density at radius 3 is 2.62 bits per heavy atom. The molecule has 21 heavy (non-hydrogen) atoms. The number of aromatic nitrogens is 1. The van der Waals surface area contributed by atoms with Crippen molar-refractivity contribution in [1.82, 2.24) is 10.3 Å². The molecule has 0 aromatic carbocycles. The van der Waals surface area contributed by atoms with Crippen LogP contribution in [0.15, 0.2) is 18.3 Å². The molecular formula is C18H31N3. The summed E-state index contributed by atoms with van der Waals surface area (Å²) in [5.41, 5.74) is 1.27. The second kappa shape index (κ2) is 8.38. The van der Waals surface area contributed by atoms with Gasteiger partial charge in [0.05, 0.1) is 0 Å². The van der Waals surface area contributed by atoms with Crippen LogP contribution in [0.1, 0.15) is 51.5 Å². The Balaban J connectivity index is 1.80. The van der Waals surface area contributed by atoms with Crippen molar-refractivity contribution < 1.29 is 0 Å². The third-order valence-electron chi connectivity index (χ3n) is 4.34. The Bertz CT molecular complexity index is 393. The number of hydrogen-bond donors (Lipinski definition) is 1. The van der Waals surface area contributed by atoms with Crippen molar-refractivity contribution >= 4 is 5.82 Å². The van der Waals surface area contributed by atoms with E-state index in [4.69, 9.17) is 0 Å². The number of nitrogens with zero attached hydrogens (tertiary/aromatic N) is 2. The molecule has 1 aromatic heterocycles. The third kappa shape index (κ3) is 5.66. The third-order valence-corrected chi connectivity index (χ3v) is 4.34. The highest BCUT2D eigenvalue weighted by Crippen LogP contribution is 2.25. The zero-order valence-corrected chi connectivity index (χ0v) is 13.9. The maximum absolute atomic E-state index is 4.63. The molecule has 1 saturated carbocycles. The van der Waals surface area contributed by atoms with Gasteiger partial charge in [0.1, 0.15) is 5.82 Å². The fraction of sp³-hybridized carbons (Fsp3) is 0.722. The minimum absolute atomic E-state index is 0.693. The first-order valence-corrected chi connectivity index (χ1v) is 8.52. The molecule has 0 amide bonds. The van der Waals surface area contributed by atoms with E-state index in [0.29, 0.717) is 5.92 Å². The molecule has 2 rings (SSSR count). The van der Waals surface area contributed by atoms with E-state index in [0.717, 1.165) is 31.4 Å². The molecule has 0 aliphatic heterocycles. The van der Waals surface area contributed by atoms with E-state index in [1.54, 1.807) is 0 Å². The normalized spacial score (nSPS) is 16.4. The van der Waals surface area contributed by atoms with Crippen LogP contribution in [0, 0.1) is 11.8 Å². The van der Waals surface area contributed by atoms with Crippen molar-refractivity contribution in [1.29, 1.82) is 0 Å². The molecule has 3 nitrogen and oxygen atoms in total. The molecule has 0 unspecified atom stereocenters. The fourth-order valence-corrected chi connectivity index (χ4v) is 3.10. The van der Waals surface area contributed by atoms with Crippen molar-refractivity contribution in [2.75, 3.05) is 25.0 Å². The summed E-state index contributed by atoms with van der Waals surface area (Å²) in [4.78, 5) is 6.95. The molecule has 0 radical (unpaired) electrons. The summed E-state index contributed by atoms with van der Waals surface area (Å²) in [5.74, 6) is 2.66. The molecule has 1 heterocycles. The van der Waals surface area contributed by atoms with Gasteiger partial charge in [-0.25, -0.2) is 4.98 Å². The van der Waals surface area contributed by atoms with Gasteiger partial charge in [-0.1, -0.05) is 39.2 Å². The van der Waals surface area contributed by atoms with Crippen LogP contribution in [0.25, 0.3) is 0 Å². The van der Waals surface area contributed by atoms with Crippen LogP contribution in [0.4, 0.5) is 5.82 Å². The predicted molar refractivity (Wildman–Crippen MR) is 90.6 cm³/mol. The summed E-state index contributed by atoms with van der Waals surface area (Å²) in [6, 6.07) is 4.36. The molecule has 1 aliphatic rings. The van der Waals surface area contributed by atoms with Crippen molar-refractivity contribution in [3.05, 3.63) is 23.9 Å². The number of anilines is 1. The van der Waals surface area contributed by atoms with Gasteiger partial charge in [0.2, 0.25) is 0 Å². The lowest BCUT2D eigenvalue weighted by Gasteiger charge is -2.27. The zero-order chi connectivity index (χ0) is 15.1. The van der Waals surface area contributed by atoms with Crippen molar-refractivity contribution in [2.45, 2.75) is 52.5 Å². The summed E-state index contributed by atoms with van der Waals surface area (Å²) >= 11 is 0. The van der Waals surface area contributed by atoms with Gasteiger partial charge in [0, 0.05) is 26.3 Å². The minimum Gasteiger partial charge on any atom is -0.359 e. The van der Waals surface area contributed by atoms with Crippen LogP contribution in [-0.4, -0.2) is 25.1 Å². The molecule has 0 bridgehead atoms. The van der Waals surface area contributed by atoms with E-state index in [1.807, 2.05) is 6.20 Å². The highest BCUT2D eigenvalue weighted by Gasteiger charge is 2.16. The monoisotopic (exact) mass is 289 g/mol. The van der Waals surface area contributed by atoms with Crippen LogP contribution in [0.3, 0.4) is 0 Å². The number of nitrogens with one attached hydrogen (secondary N) is 1. The summed E-state index contributed by atoms with van der Waals surface area (Å²) in [5, 5.41) is 3.46. The predicted octanol–water partition coefficient (Wildman–Crippen LogP) is 3.84. The molecule has 1 aromatic rings. The Hall–Kier alpha value is -1.09. The van der Waals surface area contributed by atoms with E-state index in [-0.39, 0.29) is 0 Å². The fourth-order valence-electron chi connectivity index (χ4n) is 3.10. The van der Waals surface area contributed by atoms with E-state index in [9.17, 15) is 0 Å². The number of hydrogen-bond acceptors (Lipinski definition) is 3. The van der Waals surface area contributed by atoms with Gasteiger partial charge in [0.15, 0.2) is 0 Å². The van der Waals surface area contributed by atoms with Crippen LogP contribution >= 0.6 is 0 Å². The van der Waals surface area contributed by atoms with Gasteiger partial charge in [-0.3, -0.25) is 0 Å². The Labute approximate surface area is 130 Å². The molecule has 118 valence electrons. The average molecular weight is 289 g/mol. The summed E-state index contributed by atoms with van der Waals surface area (Å²) in [6.45, 7) is 7.59. The van der Waals surface area contributed by atoms with Gasteiger partial charge in [-0.05, 0) is 42.9 Å². The lowest BCUT2D eigenvalue weighted by molar-refractivity contribution is 0.361. The van der Waals surface area contributed by atoms with Crippen LogP contribution in [0.2, 0.25) is 0 Å². The van der Waals surface area contributed by atoms with Gasteiger partial charge < -0.3 is 10.2 Å². The Morgan fingerprint density at radius 1 is 1.24 bits per heavy atom. The Kier molecular flexibility index (Phi) is 6.50. The first-order chi connectivity index (χ1) is 10.1. The van der Waals surface area contributed by atoms with Gasteiger partial charge in [0.25, 0.3) is 0 Å². The van der Waals surface area contributed by atoms with E-state index in [1.165, 1.54) is 37.7 Å². The molecule has 0 spiro atoms. The van der Waals surface area contributed by atoms with E-state index >= 15 is 0 Å². The van der Waals surface area contributed by atoms with Gasteiger partial charge in [-0.15, -0.1) is 0 Å². The van der Waals surface area contributed by atoms with Crippen LogP contribution in [0.5, 0.6) is 0 Å². The average Bonchev–Trinajstić information content (AvgIpc) is 2.48. The molecule has 1 fully saturated rings. The highest BCUT2D eigenvalue weighted by atomic mass is 15.2. The van der Waals surface area contributed by atoms with Crippen molar-refractivity contribution in [3.63, 3.8) is 0 Å². The largest absolute Gasteiger partial charge is 0.359 e. The molecule has 3 heteroatoms. The quantitative estimate of drug-likeness (QED) is 0.826. The summed E-state index contributed by atoms with van der Waals surface area (Å²) in [7, 11) is 2.17. The van der Waals surface area contributed by atoms with Crippen LogP contribution in [-0.2, 0) is 6.54 Å². The number of pyridine rings is 1. The highest BCUT2D eigenvalue weighted by molar-refractivity contribution is 5.38. The van der Waals surface area contributed by atoms with Gasteiger partial charge >= 0.3 is 0 Å². The summed E-state index contributed by atoms with van der Waals surface area (Å²) < 4.78 is 0. The molecule has 1 aliphatic carbocycles. The lowest BCUT2D eigenvalue weighted by Crippen LogP contribution is -2.27. The number of rotatable bonds is 7. The SMILES string of the molecule is CC(C)CNCc1ccc(N(C)CC2CCCCC2)nc1. The van der Waals surface area contributed by atoms with Crippen molar-refractivity contribution in [2.24, 2.45) is 11.8 Å². The maximum atomic E-state index is 4.63. The smallest absolute Gasteiger partial charge is 0.128 e. The zero-order valence-electron chi connectivity index (χ0n) is 13.9. The first-order valence-electron chi connectivity index (χ1n) is 8.52.